The highest BCUT2D eigenvalue weighted by molar-refractivity contribution is 5.97. The van der Waals surface area contributed by atoms with Gasteiger partial charge in [0, 0.05) is 30.8 Å². The van der Waals surface area contributed by atoms with E-state index in [9.17, 15) is 0 Å². The Bertz CT molecular complexity index is 1750. The molecule has 13 heteroatoms. The van der Waals surface area contributed by atoms with Crippen LogP contribution in [-0.2, 0) is 0 Å². The number of aromatic nitrogens is 6. The number of alkyl halides is 2. The van der Waals surface area contributed by atoms with Crippen LogP contribution in [0.5, 0.6) is 23.1 Å². The highest BCUT2D eigenvalue weighted by Crippen LogP contribution is 2.42. The molecule has 2 aromatic carbocycles. The van der Waals surface area contributed by atoms with Gasteiger partial charge in [-0.1, -0.05) is 0 Å². The van der Waals surface area contributed by atoms with Crippen LogP contribution >= 0.6 is 0 Å². The molecule has 1 N–H and O–H groups in total. The molecule has 1 saturated heterocycles. The van der Waals surface area contributed by atoms with Gasteiger partial charge in [0.2, 0.25) is 5.88 Å². The van der Waals surface area contributed by atoms with Gasteiger partial charge in [0.1, 0.15) is 30.5 Å². The van der Waals surface area contributed by atoms with Crippen molar-refractivity contribution >= 4 is 28.1 Å². The molecule has 6 rings (SSSR count). The average Bonchev–Trinajstić information content (AvgIpc) is 3.43. The number of benzene rings is 2. The van der Waals surface area contributed by atoms with Gasteiger partial charge >= 0.3 is 0 Å². The molecule has 1 aliphatic rings. The molecule has 0 radical (unpaired) electrons. The Morgan fingerprint density at radius 1 is 1.02 bits per heavy atom. The van der Waals surface area contributed by atoms with Crippen LogP contribution in [0.25, 0.3) is 16.6 Å². The molecule has 0 unspecified atom stereocenters. The molecule has 4 heterocycles. The summed E-state index contributed by atoms with van der Waals surface area (Å²) in [4.78, 5) is 19.0. The fourth-order valence-electron chi connectivity index (χ4n) is 5.01. The second-order valence-electron chi connectivity index (χ2n) is 10.4. The summed E-state index contributed by atoms with van der Waals surface area (Å²) < 4.78 is 49.7. The van der Waals surface area contributed by atoms with Crippen LogP contribution in [0.2, 0.25) is 0 Å². The van der Waals surface area contributed by atoms with Crippen molar-refractivity contribution in [3.63, 3.8) is 0 Å². The lowest BCUT2D eigenvalue weighted by atomic mass is 10.0. The summed E-state index contributed by atoms with van der Waals surface area (Å²) in [6.07, 6.45) is 3.22. The highest BCUT2D eigenvalue weighted by atomic mass is 19.3. The largest absolute Gasteiger partial charge is 0.493 e. The van der Waals surface area contributed by atoms with E-state index in [1.54, 1.807) is 33.7 Å². The maximum absolute atomic E-state index is 15.3. The average molecular weight is 577 g/mol. The van der Waals surface area contributed by atoms with Gasteiger partial charge in [0.25, 0.3) is 5.92 Å². The third-order valence-corrected chi connectivity index (χ3v) is 7.29. The highest BCUT2D eigenvalue weighted by Gasteiger charge is 2.47. The molecular formula is C29H30F2N8O3. The molecule has 0 amide bonds. The number of methoxy groups -OCH3 is 1. The van der Waals surface area contributed by atoms with E-state index in [0.717, 1.165) is 5.56 Å². The summed E-state index contributed by atoms with van der Waals surface area (Å²) in [6.45, 7) is 5.85. The van der Waals surface area contributed by atoms with Crippen LogP contribution in [0.15, 0.2) is 55.4 Å². The lowest BCUT2D eigenvalue weighted by molar-refractivity contribution is -0.144. The lowest BCUT2D eigenvalue weighted by Gasteiger charge is -2.40. The number of aryl methyl sites for hydroxylation is 1. The Labute approximate surface area is 240 Å². The van der Waals surface area contributed by atoms with Crippen molar-refractivity contribution in [2.45, 2.75) is 45.3 Å². The predicted octanol–water partition coefficient (Wildman–Crippen LogP) is 5.42. The van der Waals surface area contributed by atoms with Crippen molar-refractivity contribution in [3.05, 3.63) is 60.9 Å². The maximum atomic E-state index is 15.3. The Morgan fingerprint density at radius 3 is 2.62 bits per heavy atom. The van der Waals surface area contributed by atoms with E-state index in [0.29, 0.717) is 52.0 Å². The van der Waals surface area contributed by atoms with Gasteiger partial charge < -0.3 is 19.5 Å². The van der Waals surface area contributed by atoms with Crippen LogP contribution in [0.3, 0.4) is 0 Å². The number of fused-ring (bicyclic) bond motifs is 2. The third kappa shape index (κ3) is 5.34. The second kappa shape index (κ2) is 11.0. The molecular weight excluding hydrogens is 546 g/mol. The second-order valence-corrected chi connectivity index (χ2v) is 10.4. The van der Waals surface area contributed by atoms with Gasteiger partial charge in [-0.2, -0.15) is 5.10 Å². The van der Waals surface area contributed by atoms with Crippen molar-refractivity contribution in [2.75, 3.05) is 25.5 Å². The van der Waals surface area contributed by atoms with E-state index in [2.05, 4.69) is 30.4 Å². The first-order valence-corrected chi connectivity index (χ1v) is 13.5. The summed E-state index contributed by atoms with van der Waals surface area (Å²) in [7, 11) is 1.47. The molecule has 1 atom stereocenters. The third-order valence-electron chi connectivity index (χ3n) is 7.29. The molecule has 11 nitrogen and oxygen atoms in total. The van der Waals surface area contributed by atoms with E-state index < -0.39 is 12.0 Å². The van der Waals surface area contributed by atoms with Gasteiger partial charge in [0.05, 0.1) is 24.6 Å². The van der Waals surface area contributed by atoms with Crippen molar-refractivity contribution < 1.29 is 23.0 Å². The van der Waals surface area contributed by atoms with Gasteiger partial charge in [-0.3, -0.25) is 4.90 Å². The fourth-order valence-corrected chi connectivity index (χ4v) is 5.01. The zero-order valence-electron chi connectivity index (χ0n) is 23.6. The number of hydrogen-bond donors (Lipinski definition) is 1. The summed E-state index contributed by atoms with van der Waals surface area (Å²) in [5.74, 6) is -1.19. The summed E-state index contributed by atoms with van der Waals surface area (Å²) in [5, 5.41) is 7.78. The van der Waals surface area contributed by atoms with Gasteiger partial charge in [-0.05, 0) is 56.7 Å². The van der Waals surface area contributed by atoms with Crippen LogP contribution in [0.1, 0.15) is 25.8 Å². The number of rotatable bonds is 8. The molecule has 0 spiro atoms. The minimum Gasteiger partial charge on any atom is -0.493 e. The number of halogens is 2. The minimum absolute atomic E-state index is 0.0159. The minimum atomic E-state index is -3.06. The predicted molar refractivity (Wildman–Crippen MR) is 152 cm³/mol. The van der Waals surface area contributed by atoms with Crippen LogP contribution < -0.4 is 19.5 Å². The van der Waals surface area contributed by atoms with Crippen molar-refractivity contribution in [3.8, 4) is 23.1 Å². The van der Waals surface area contributed by atoms with E-state index in [1.807, 2.05) is 32.9 Å². The zero-order valence-corrected chi connectivity index (χ0v) is 23.6. The van der Waals surface area contributed by atoms with Crippen LogP contribution in [0.4, 0.5) is 20.3 Å². The lowest BCUT2D eigenvalue weighted by Crippen LogP contribution is -2.55. The molecule has 42 heavy (non-hydrogen) atoms. The number of nitrogens with one attached hydrogen (secondary N) is 1. The SMILES string of the molecule is COc1ccc2ncnc(Nc3ccc(Oc4cc5ncnn5cn4)c(C)c3)c2c1O[C@@H]1CCN(C(C)C)CC1(F)F. The Morgan fingerprint density at radius 2 is 1.86 bits per heavy atom. The first kappa shape index (κ1) is 27.5. The Hall–Kier alpha value is -4.65. The molecule has 0 saturated carbocycles. The topological polar surface area (TPSA) is 112 Å². The van der Waals surface area contributed by atoms with E-state index in [1.165, 1.54) is 26.1 Å². The number of nitrogens with zero attached hydrogens (tertiary/aromatic N) is 7. The first-order valence-electron chi connectivity index (χ1n) is 13.5. The number of anilines is 2. The summed E-state index contributed by atoms with van der Waals surface area (Å²) >= 11 is 0. The maximum Gasteiger partial charge on any atom is 0.296 e. The Kier molecular flexibility index (Phi) is 7.19. The van der Waals surface area contributed by atoms with E-state index >= 15 is 8.78 Å². The summed E-state index contributed by atoms with van der Waals surface area (Å²) in [6, 6.07) is 10.6. The quantitative estimate of drug-likeness (QED) is 0.257. The monoisotopic (exact) mass is 576 g/mol. The zero-order chi connectivity index (χ0) is 29.4. The molecule has 0 bridgehead atoms. The molecule has 1 fully saturated rings. The normalized spacial score (nSPS) is 17.1. The van der Waals surface area contributed by atoms with Gasteiger partial charge in [-0.15, -0.1) is 0 Å². The van der Waals surface area contributed by atoms with E-state index in [-0.39, 0.29) is 24.8 Å². The number of likely N-dealkylation sites (tertiary alicyclic amines) is 1. The van der Waals surface area contributed by atoms with Gasteiger partial charge in [-0.25, -0.2) is 33.2 Å². The molecule has 5 aromatic rings. The number of hydrogen-bond acceptors (Lipinski definition) is 10. The Balaban J connectivity index is 1.29. The van der Waals surface area contributed by atoms with Crippen LogP contribution in [0, 0.1) is 6.92 Å². The fraction of sp³-hybridized carbons (Fsp3) is 0.345. The first-order chi connectivity index (χ1) is 20.2. The molecule has 0 aliphatic carbocycles. The molecule has 218 valence electrons. The molecule has 1 aliphatic heterocycles. The standard InChI is InChI=1S/C29H30F2N8O3/c1-17(2)38-10-9-23(29(30,31)13-38)42-27-22(40-4)8-6-20-26(27)28(34-14-32-20)37-19-5-7-21(18(3)11-19)41-25-12-24-33-15-36-39(24)16-35-25/h5-8,11-12,14-17,23H,9-10,13H2,1-4H3,(H,32,34,37)/t23-/m1/s1. The smallest absolute Gasteiger partial charge is 0.296 e. The number of ether oxygens (including phenoxy) is 3. The number of piperidine rings is 1. The van der Waals surface area contributed by atoms with Crippen molar-refractivity contribution in [2.24, 2.45) is 0 Å². The van der Waals surface area contributed by atoms with Crippen LogP contribution in [-0.4, -0.2) is 72.7 Å². The van der Waals surface area contributed by atoms with E-state index in [4.69, 9.17) is 14.2 Å². The van der Waals surface area contributed by atoms with Gasteiger partial charge in [0.15, 0.2) is 23.3 Å². The van der Waals surface area contributed by atoms with Crippen molar-refractivity contribution in [1.29, 1.82) is 0 Å². The molecule has 3 aromatic heterocycles. The van der Waals surface area contributed by atoms with Crippen molar-refractivity contribution in [1.82, 2.24) is 34.4 Å². The summed E-state index contributed by atoms with van der Waals surface area (Å²) in [5.41, 5.74) is 2.67.